The maximum Gasteiger partial charge on any atom is 0.101 e. The lowest BCUT2D eigenvalue weighted by molar-refractivity contribution is 0.0300. The van der Waals surface area contributed by atoms with Crippen LogP contribution in [0, 0.1) is 16.7 Å². The van der Waals surface area contributed by atoms with Crippen LogP contribution < -0.4 is 11.1 Å². The van der Waals surface area contributed by atoms with Crippen molar-refractivity contribution in [3.05, 3.63) is 23.8 Å². The van der Waals surface area contributed by atoms with Crippen molar-refractivity contribution in [1.82, 2.24) is 0 Å². The largest absolute Gasteiger partial charge is 0.398 e. The van der Waals surface area contributed by atoms with E-state index >= 15 is 0 Å². The van der Waals surface area contributed by atoms with Gasteiger partial charge < -0.3 is 15.8 Å². The fraction of sp³-hybridized carbons (Fsp3) is 0.500. The molecule has 96 valence electrons. The monoisotopic (exact) mass is 245 g/mol. The topological polar surface area (TPSA) is 71.1 Å². The van der Waals surface area contributed by atoms with Crippen LogP contribution in [-0.4, -0.2) is 19.8 Å². The number of benzene rings is 1. The summed E-state index contributed by atoms with van der Waals surface area (Å²) in [6, 6.07) is 7.59. The van der Waals surface area contributed by atoms with Gasteiger partial charge in [-0.1, -0.05) is 6.92 Å². The number of hydrogen-bond donors (Lipinski definition) is 2. The van der Waals surface area contributed by atoms with E-state index in [1.54, 1.807) is 12.1 Å². The quantitative estimate of drug-likeness (QED) is 0.802. The van der Waals surface area contributed by atoms with Crippen molar-refractivity contribution in [1.29, 1.82) is 5.26 Å². The molecule has 0 radical (unpaired) electrons. The van der Waals surface area contributed by atoms with Gasteiger partial charge in [0, 0.05) is 31.1 Å². The number of ether oxygens (including phenoxy) is 1. The zero-order chi connectivity index (χ0) is 13.0. The molecule has 0 aromatic heterocycles. The zero-order valence-electron chi connectivity index (χ0n) is 10.7. The molecule has 1 aliphatic rings. The van der Waals surface area contributed by atoms with E-state index in [-0.39, 0.29) is 5.41 Å². The van der Waals surface area contributed by atoms with Crippen LogP contribution in [0.1, 0.15) is 25.3 Å². The average Bonchev–Trinajstić information content (AvgIpc) is 2.39. The summed E-state index contributed by atoms with van der Waals surface area (Å²) in [5.41, 5.74) is 7.97. The Morgan fingerprint density at radius 2 is 2.17 bits per heavy atom. The Morgan fingerprint density at radius 1 is 1.44 bits per heavy atom. The Morgan fingerprint density at radius 3 is 2.83 bits per heavy atom. The van der Waals surface area contributed by atoms with Gasteiger partial charge in [-0.05, 0) is 36.5 Å². The minimum Gasteiger partial charge on any atom is -0.398 e. The summed E-state index contributed by atoms with van der Waals surface area (Å²) in [7, 11) is 0. The van der Waals surface area contributed by atoms with Crippen LogP contribution in [0.4, 0.5) is 11.4 Å². The first-order chi connectivity index (χ1) is 8.63. The van der Waals surface area contributed by atoms with Crippen LogP contribution in [0.25, 0.3) is 0 Å². The van der Waals surface area contributed by atoms with Crippen molar-refractivity contribution >= 4 is 11.4 Å². The van der Waals surface area contributed by atoms with E-state index in [0.29, 0.717) is 11.3 Å². The van der Waals surface area contributed by atoms with Crippen molar-refractivity contribution in [2.24, 2.45) is 5.41 Å². The van der Waals surface area contributed by atoms with E-state index in [1.807, 2.05) is 6.07 Å². The number of nitrogens with one attached hydrogen (secondary N) is 1. The van der Waals surface area contributed by atoms with Gasteiger partial charge >= 0.3 is 0 Å². The number of anilines is 2. The van der Waals surface area contributed by atoms with Gasteiger partial charge in [0.2, 0.25) is 0 Å². The third kappa shape index (κ3) is 2.93. The van der Waals surface area contributed by atoms with Crippen molar-refractivity contribution in [3.63, 3.8) is 0 Å². The molecule has 2 rings (SSSR count). The zero-order valence-corrected chi connectivity index (χ0v) is 10.7. The van der Waals surface area contributed by atoms with Crippen molar-refractivity contribution in [2.75, 3.05) is 30.8 Å². The van der Waals surface area contributed by atoms with Crippen LogP contribution >= 0.6 is 0 Å². The Hall–Kier alpha value is -1.73. The Labute approximate surface area is 108 Å². The summed E-state index contributed by atoms with van der Waals surface area (Å²) in [5.74, 6) is 0. The number of nitriles is 1. The second-order valence-electron chi connectivity index (χ2n) is 5.19. The van der Waals surface area contributed by atoms with E-state index in [9.17, 15) is 0 Å². The van der Waals surface area contributed by atoms with Gasteiger partial charge in [-0.25, -0.2) is 0 Å². The maximum absolute atomic E-state index is 8.94. The molecule has 4 heteroatoms. The SMILES string of the molecule is CC1(CNc2ccc(N)c(C#N)c2)CCOCC1. The molecular formula is C14H19N3O. The number of nitrogen functional groups attached to an aromatic ring is 1. The predicted octanol–water partition coefficient (Wildman–Crippen LogP) is 2.37. The van der Waals surface area contributed by atoms with Crippen LogP contribution in [0.2, 0.25) is 0 Å². The summed E-state index contributed by atoms with van der Waals surface area (Å²) in [6.45, 7) is 4.84. The lowest BCUT2D eigenvalue weighted by atomic mass is 9.82. The van der Waals surface area contributed by atoms with Crippen LogP contribution in [0.15, 0.2) is 18.2 Å². The van der Waals surface area contributed by atoms with Crippen LogP contribution in [-0.2, 0) is 4.74 Å². The summed E-state index contributed by atoms with van der Waals surface area (Å²) in [4.78, 5) is 0. The number of rotatable bonds is 3. The lowest BCUT2D eigenvalue weighted by Gasteiger charge is -2.34. The smallest absolute Gasteiger partial charge is 0.101 e. The molecular weight excluding hydrogens is 226 g/mol. The molecule has 0 unspecified atom stereocenters. The minimum absolute atomic E-state index is 0.270. The van der Waals surface area contributed by atoms with Gasteiger partial charge in [-0.15, -0.1) is 0 Å². The van der Waals surface area contributed by atoms with E-state index in [0.717, 1.165) is 38.3 Å². The van der Waals surface area contributed by atoms with Crippen LogP contribution in [0.5, 0.6) is 0 Å². The predicted molar refractivity (Wildman–Crippen MR) is 72.2 cm³/mol. The highest BCUT2D eigenvalue weighted by atomic mass is 16.5. The van der Waals surface area contributed by atoms with Crippen LogP contribution in [0.3, 0.4) is 0 Å². The van der Waals surface area contributed by atoms with Gasteiger partial charge in [-0.2, -0.15) is 5.26 Å². The highest BCUT2D eigenvalue weighted by molar-refractivity contribution is 5.61. The standard InChI is InChI=1S/C14H19N3O/c1-14(4-6-18-7-5-14)10-17-12-2-3-13(16)11(8-12)9-15/h2-3,8,17H,4-7,10,16H2,1H3. The number of nitrogens with two attached hydrogens (primary N) is 1. The fourth-order valence-corrected chi connectivity index (χ4v) is 2.12. The average molecular weight is 245 g/mol. The number of hydrogen-bond acceptors (Lipinski definition) is 4. The van der Waals surface area contributed by atoms with Crippen molar-refractivity contribution in [2.45, 2.75) is 19.8 Å². The summed E-state index contributed by atoms with van der Waals surface area (Å²) < 4.78 is 5.38. The molecule has 0 amide bonds. The molecule has 0 saturated carbocycles. The molecule has 4 nitrogen and oxygen atoms in total. The van der Waals surface area contributed by atoms with Gasteiger partial charge in [0.25, 0.3) is 0 Å². The molecule has 1 heterocycles. The third-order valence-corrected chi connectivity index (χ3v) is 3.59. The van der Waals surface area contributed by atoms with Crippen molar-refractivity contribution in [3.8, 4) is 6.07 Å². The lowest BCUT2D eigenvalue weighted by Crippen LogP contribution is -2.33. The summed E-state index contributed by atoms with van der Waals surface area (Å²) in [6.07, 6.45) is 2.14. The molecule has 0 aliphatic carbocycles. The Kier molecular flexibility index (Phi) is 3.73. The molecule has 1 saturated heterocycles. The maximum atomic E-state index is 8.94. The second kappa shape index (κ2) is 5.28. The Balaban J connectivity index is 2.00. The van der Waals surface area contributed by atoms with E-state index < -0.39 is 0 Å². The normalized spacial score (nSPS) is 18.0. The Bertz CT molecular complexity index is 459. The van der Waals surface area contributed by atoms with E-state index in [4.69, 9.17) is 15.7 Å². The van der Waals surface area contributed by atoms with Gasteiger partial charge in [0.1, 0.15) is 6.07 Å². The molecule has 18 heavy (non-hydrogen) atoms. The van der Waals surface area contributed by atoms with Gasteiger partial charge in [-0.3, -0.25) is 0 Å². The summed E-state index contributed by atoms with van der Waals surface area (Å²) >= 11 is 0. The molecule has 0 spiro atoms. The molecule has 1 aromatic carbocycles. The first-order valence-electron chi connectivity index (χ1n) is 6.24. The van der Waals surface area contributed by atoms with Gasteiger partial charge in [0.05, 0.1) is 5.56 Å². The first-order valence-corrected chi connectivity index (χ1v) is 6.24. The van der Waals surface area contributed by atoms with Crippen molar-refractivity contribution < 1.29 is 4.74 Å². The molecule has 0 atom stereocenters. The minimum atomic E-state index is 0.270. The molecule has 1 fully saturated rings. The van der Waals surface area contributed by atoms with E-state index in [1.165, 1.54) is 0 Å². The number of nitrogens with zero attached hydrogens (tertiary/aromatic N) is 1. The second-order valence-corrected chi connectivity index (χ2v) is 5.19. The first kappa shape index (κ1) is 12.7. The van der Waals surface area contributed by atoms with Gasteiger partial charge in [0.15, 0.2) is 0 Å². The van der Waals surface area contributed by atoms with E-state index in [2.05, 4.69) is 18.3 Å². The molecule has 1 aromatic rings. The summed E-state index contributed by atoms with van der Waals surface area (Å²) in [5, 5.41) is 12.3. The highest BCUT2D eigenvalue weighted by Gasteiger charge is 2.26. The third-order valence-electron chi connectivity index (χ3n) is 3.59. The molecule has 1 aliphatic heterocycles. The molecule has 3 N–H and O–H groups in total. The highest BCUT2D eigenvalue weighted by Crippen LogP contribution is 2.30. The fourth-order valence-electron chi connectivity index (χ4n) is 2.12. The molecule has 0 bridgehead atoms.